The molecular formula is C17H12BrClN6. The van der Waals surface area contributed by atoms with E-state index in [0.717, 1.165) is 37.8 Å². The predicted octanol–water partition coefficient (Wildman–Crippen LogP) is 4.19. The Balaban J connectivity index is 1.68. The summed E-state index contributed by atoms with van der Waals surface area (Å²) in [4.78, 5) is 8.93. The number of hydrogen-bond donors (Lipinski definition) is 1. The van der Waals surface area contributed by atoms with Crippen molar-refractivity contribution >= 4 is 27.5 Å². The molecule has 0 radical (unpaired) electrons. The molecule has 3 heterocycles. The van der Waals surface area contributed by atoms with Gasteiger partial charge in [-0.15, -0.1) is 0 Å². The maximum atomic E-state index is 6.25. The molecular weight excluding hydrogens is 404 g/mol. The van der Waals surface area contributed by atoms with Gasteiger partial charge in [-0.25, -0.2) is 4.98 Å². The van der Waals surface area contributed by atoms with Crippen LogP contribution in [0.5, 0.6) is 0 Å². The van der Waals surface area contributed by atoms with Gasteiger partial charge < -0.3 is 4.57 Å². The van der Waals surface area contributed by atoms with Crippen molar-refractivity contribution in [3.8, 4) is 22.6 Å². The molecule has 0 saturated carbocycles. The van der Waals surface area contributed by atoms with Gasteiger partial charge in [-0.3, -0.25) is 4.98 Å². The molecule has 3 aromatic heterocycles. The van der Waals surface area contributed by atoms with Crippen molar-refractivity contribution in [3.63, 3.8) is 0 Å². The van der Waals surface area contributed by atoms with Crippen LogP contribution in [-0.2, 0) is 6.54 Å². The predicted molar refractivity (Wildman–Crippen MR) is 99.1 cm³/mol. The summed E-state index contributed by atoms with van der Waals surface area (Å²) in [7, 11) is 0. The summed E-state index contributed by atoms with van der Waals surface area (Å²) in [5.41, 5.74) is 4.22. The van der Waals surface area contributed by atoms with Crippen molar-refractivity contribution in [2.24, 2.45) is 0 Å². The van der Waals surface area contributed by atoms with Crippen molar-refractivity contribution in [1.82, 2.24) is 29.9 Å². The average Bonchev–Trinajstić information content (AvgIpc) is 3.28. The first-order valence-electron chi connectivity index (χ1n) is 7.49. The van der Waals surface area contributed by atoms with Crippen molar-refractivity contribution in [1.29, 1.82) is 0 Å². The minimum Gasteiger partial charge on any atom is -0.320 e. The number of H-pyrrole nitrogens is 1. The molecule has 0 bridgehead atoms. The minimum absolute atomic E-state index is 0.621. The molecule has 25 heavy (non-hydrogen) atoms. The molecule has 0 amide bonds. The molecule has 8 heteroatoms. The standard InChI is InChI=1S/C17H12BrClN6/c18-17-16(14-7-11(5-6-20-14)15-8-22-24-23-15)21-10-25(17)9-12-3-1-2-4-13(12)19/h1-8,10H,9H2,(H,22,23,24). The van der Waals surface area contributed by atoms with Gasteiger partial charge in [-0.2, -0.15) is 15.4 Å². The molecule has 0 spiro atoms. The van der Waals surface area contributed by atoms with Crippen LogP contribution in [0.3, 0.4) is 0 Å². The van der Waals surface area contributed by atoms with Crippen molar-refractivity contribution in [2.75, 3.05) is 0 Å². The van der Waals surface area contributed by atoms with E-state index in [-0.39, 0.29) is 0 Å². The normalized spacial score (nSPS) is 11.0. The number of hydrogen-bond acceptors (Lipinski definition) is 4. The molecule has 1 aromatic carbocycles. The van der Waals surface area contributed by atoms with E-state index in [4.69, 9.17) is 11.6 Å². The van der Waals surface area contributed by atoms with Gasteiger partial charge in [0.25, 0.3) is 0 Å². The molecule has 6 nitrogen and oxygen atoms in total. The number of benzene rings is 1. The van der Waals surface area contributed by atoms with Gasteiger partial charge in [-0.05, 0) is 39.7 Å². The maximum absolute atomic E-state index is 6.25. The summed E-state index contributed by atoms with van der Waals surface area (Å²) in [5.74, 6) is 0. The third-order valence-corrected chi connectivity index (χ3v) is 4.99. The molecule has 0 atom stereocenters. The van der Waals surface area contributed by atoms with Gasteiger partial charge in [-0.1, -0.05) is 29.8 Å². The Labute approximate surface area is 157 Å². The molecule has 0 aliphatic heterocycles. The first kappa shape index (κ1) is 16.0. The lowest BCUT2D eigenvalue weighted by Crippen LogP contribution is -1.99. The highest BCUT2D eigenvalue weighted by Crippen LogP contribution is 2.29. The molecule has 0 aliphatic carbocycles. The number of nitrogens with one attached hydrogen (secondary N) is 1. The Morgan fingerprint density at radius 2 is 2.00 bits per heavy atom. The number of imidazole rings is 1. The molecule has 1 N–H and O–H groups in total. The Morgan fingerprint density at radius 1 is 1.12 bits per heavy atom. The van der Waals surface area contributed by atoms with E-state index < -0.39 is 0 Å². The quantitative estimate of drug-likeness (QED) is 0.542. The first-order valence-corrected chi connectivity index (χ1v) is 8.66. The molecule has 124 valence electrons. The third-order valence-electron chi connectivity index (χ3n) is 3.79. The lowest BCUT2D eigenvalue weighted by molar-refractivity contribution is 0.780. The van der Waals surface area contributed by atoms with E-state index >= 15 is 0 Å². The van der Waals surface area contributed by atoms with Gasteiger partial charge in [0.15, 0.2) is 0 Å². The summed E-state index contributed by atoms with van der Waals surface area (Å²) < 4.78 is 2.83. The highest BCUT2D eigenvalue weighted by atomic mass is 79.9. The number of halogens is 2. The smallest absolute Gasteiger partial charge is 0.121 e. The van der Waals surface area contributed by atoms with Gasteiger partial charge >= 0.3 is 0 Å². The van der Waals surface area contributed by atoms with Crippen molar-refractivity contribution in [2.45, 2.75) is 6.54 Å². The van der Waals surface area contributed by atoms with Crippen LogP contribution in [0.4, 0.5) is 0 Å². The van der Waals surface area contributed by atoms with E-state index in [2.05, 4.69) is 41.3 Å². The second-order valence-corrected chi connectivity index (χ2v) is 6.55. The van der Waals surface area contributed by atoms with E-state index in [9.17, 15) is 0 Å². The highest BCUT2D eigenvalue weighted by Gasteiger charge is 2.14. The first-order chi connectivity index (χ1) is 12.2. The van der Waals surface area contributed by atoms with Crippen LogP contribution >= 0.6 is 27.5 Å². The highest BCUT2D eigenvalue weighted by molar-refractivity contribution is 9.10. The van der Waals surface area contributed by atoms with Crippen LogP contribution in [0, 0.1) is 0 Å². The fourth-order valence-corrected chi connectivity index (χ4v) is 3.24. The zero-order valence-corrected chi connectivity index (χ0v) is 15.2. The number of aromatic amines is 1. The average molecular weight is 416 g/mol. The zero-order valence-electron chi connectivity index (χ0n) is 12.9. The summed E-state index contributed by atoms with van der Waals surface area (Å²) in [6.07, 6.45) is 5.18. The van der Waals surface area contributed by atoms with Gasteiger partial charge in [0.05, 0.1) is 24.8 Å². The molecule has 0 fully saturated rings. The summed E-state index contributed by atoms with van der Waals surface area (Å²) >= 11 is 9.88. The van der Waals surface area contributed by atoms with Crippen molar-refractivity contribution < 1.29 is 0 Å². The van der Waals surface area contributed by atoms with Crippen LogP contribution in [0.15, 0.2) is 59.7 Å². The van der Waals surface area contributed by atoms with E-state index in [0.29, 0.717) is 6.54 Å². The monoisotopic (exact) mass is 414 g/mol. The third kappa shape index (κ3) is 3.20. The fraction of sp³-hybridized carbons (Fsp3) is 0.0588. The maximum Gasteiger partial charge on any atom is 0.121 e. The molecule has 0 unspecified atom stereocenters. The van der Waals surface area contributed by atoms with Crippen LogP contribution in [0.25, 0.3) is 22.6 Å². The molecule has 4 aromatic rings. The van der Waals surface area contributed by atoms with E-state index in [1.165, 1.54) is 0 Å². The number of aromatic nitrogens is 6. The minimum atomic E-state index is 0.621. The Hall–Kier alpha value is -2.51. The van der Waals surface area contributed by atoms with Crippen LogP contribution in [0.2, 0.25) is 5.02 Å². The SMILES string of the molecule is Clc1ccccc1Cn1cnc(-c2cc(-c3cn[nH]n3)ccn2)c1Br. The van der Waals surface area contributed by atoms with Crippen LogP contribution < -0.4 is 0 Å². The van der Waals surface area contributed by atoms with Gasteiger partial charge in [0.1, 0.15) is 16.0 Å². The number of nitrogens with zero attached hydrogens (tertiary/aromatic N) is 5. The van der Waals surface area contributed by atoms with Crippen LogP contribution in [0.1, 0.15) is 5.56 Å². The number of rotatable bonds is 4. The molecule has 0 saturated heterocycles. The second-order valence-electron chi connectivity index (χ2n) is 5.39. The van der Waals surface area contributed by atoms with Crippen molar-refractivity contribution in [3.05, 3.63) is 70.3 Å². The second kappa shape index (κ2) is 6.78. The Bertz CT molecular complexity index is 1010. The topological polar surface area (TPSA) is 72.3 Å². The lowest BCUT2D eigenvalue weighted by atomic mass is 10.1. The van der Waals surface area contributed by atoms with Gasteiger partial charge in [0.2, 0.25) is 0 Å². The van der Waals surface area contributed by atoms with Gasteiger partial charge in [0, 0.05) is 16.8 Å². The number of pyridine rings is 1. The Kier molecular flexibility index (Phi) is 4.33. The van der Waals surface area contributed by atoms with E-state index in [1.807, 2.05) is 41.0 Å². The Morgan fingerprint density at radius 3 is 2.80 bits per heavy atom. The largest absolute Gasteiger partial charge is 0.320 e. The van der Waals surface area contributed by atoms with E-state index in [1.54, 1.807) is 18.7 Å². The fourth-order valence-electron chi connectivity index (χ4n) is 2.52. The summed E-state index contributed by atoms with van der Waals surface area (Å²) in [6, 6.07) is 11.6. The summed E-state index contributed by atoms with van der Waals surface area (Å²) in [6.45, 7) is 0.621. The molecule has 0 aliphatic rings. The lowest BCUT2D eigenvalue weighted by Gasteiger charge is -2.07. The van der Waals surface area contributed by atoms with Crippen LogP contribution in [-0.4, -0.2) is 29.9 Å². The summed E-state index contributed by atoms with van der Waals surface area (Å²) in [5, 5.41) is 11.3. The zero-order chi connectivity index (χ0) is 17.2. The molecule has 4 rings (SSSR count).